The number of hydrogen-bond donors (Lipinski definition) is 2. The van der Waals surface area contributed by atoms with Crippen LogP contribution in [0.1, 0.15) is 47.0 Å². The molecule has 0 aliphatic heterocycles. The van der Waals surface area contributed by atoms with Gasteiger partial charge in [0.1, 0.15) is 5.69 Å². The number of aromatic amines is 1. The van der Waals surface area contributed by atoms with E-state index in [1.165, 1.54) is 6.07 Å². The summed E-state index contributed by atoms with van der Waals surface area (Å²) in [6.07, 6.45) is 1.07. The molecule has 0 unspecified atom stereocenters. The number of halogens is 2. The first-order chi connectivity index (χ1) is 9.40. The predicted molar refractivity (Wildman–Crippen MR) is 67.4 cm³/mol. The van der Waals surface area contributed by atoms with Crippen LogP contribution in [0.5, 0.6) is 0 Å². The molecule has 2 aromatic heterocycles. The summed E-state index contributed by atoms with van der Waals surface area (Å²) in [5, 5.41) is 13.1. The van der Waals surface area contributed by atoms with Crippen molar-refractivity contribution in [2.45, 2.75) is 33.4 Å². The van der Waals surface area contributed by atoms with Gasteiger partial charge in [-0.25, -0.2) is 4.68 Å². The van der Waals surface area contributed by atoms with Gasteiger partial charge in [-0.15, -0.1) is 0 Å². The van der Waals surface area contributed by atoms with Crippen LogP contribution >= 0.6 is 0 Å². The predicted octanol–water partition coefficient (Wildman–Crippen LogP) is 2.11. The molecule has 0 radical (unpaired) electrons. The summed E-state index contributed by atoms with van der Waals surface area (Å²) in [5.74, 6) is -0.503. The highest BCUT2D eigenvalue weighted by Crippen LogP contribution is 2.19. The molecule has 2 rings (SSSR count). The van der Waals surface area contributed by atoms with Gasteiger partial charge >= 0.3 is 6.55 Å². The minimum atomic E-state index is -2.76. The number of aromatic nitrogens is 4. The molecule has 0 saturated heterocycles. The van der Waals surface area contributed by atoms with Gasteiger partial charge in [0, 0.05) is 17.5 Å². The second-order valence-corrected chi connectivity index (χ2v) is 4.50. The Morgan fingerprint density at radius 1 is 1.45 bits per heavy atom. The Kier molecular flexibility index (Phi) is 3.82. The Labute approximate surface area is 114 Å². The summed E-state index contributed by atoms with van der Waals surface area (Å²) in [6.45, 7) is 2.72. The summed E-state index contributed by atoms with van der Waals surface area (Å²) in [7, 11) is 0. The zero-order chi connectivity index (χ0) is 14.9. The number of aryl methyl sites for hydroxylation is 2. The Morgan fingerprint density at radius 3 is 2.65 bits per heavy atom. The molecule has 20 heavy (non-hydrogen) atoms. The van der Waals surface area contributed by atoms with E-state index in [0.29, 0.717) is 4.68 Å². The molecule has 108 valence electrons. The lowest BCUT2D eigenvalue weighted by atomic mass is 10.1. The molecule has 2 heterocycles. The molecule has 2 N–H and O–H groups in total. The van der Waals surface area contributed by atoms with Crippen LogP contribution in [-0.2, 0) is 0 Å². The number of carbonyl (C=O) groups is 1. The molecule has 6 nitrogen and oxygen atoms in total. The maximum absolute atomic E-state index is 12.4. The first-order valence-corrected chi connectivity index (χ1v) is 6.05. The van der Waals surface area contributed by atoms with Crippen LogP contribution in [0, 0.1) is 13.8 Å². The van der Waals surface area contributed by atoms with Gasteiger partial charge < -0.3 is 5.32 Å². The molecule has 8 heteroatoms. The van der Waals surface area contributed by atoms with Gasteiger partial charge in [0.05, 0.1) is 11.7 Å². The summed E-state index contributed by atoms with van der Waals surface area (Å²) in [4.78, 5) is 11.9. The third-order valence-corrected chi connectivity index (χ3v) is 3.01. The molecule has 0 bridgehead atoms. The van der Waals surface area contributed by atoms with Crippen LogP contribution in [0.25, 0.3) is 0 Å². The highest BCUT2D eigenvalue weighted by molar-refractivity contribution is 5.92. The molecular weight excluding hydrogens is 268 g/mol. The fourth-order valence-electron chi connectivity index (χ4n) is 2.11. The van der Waals surface area contributed by atoms with Crippen molar-refractivity contribution in [2.75, 3.05) is 0 Å². The SMILES string of the molecule is Cc1n[nH]c(C)c1[C@@H](C)NC(=O)c1ccn(C(F)F)n1. The molecule has 0 fully saturated rings. The Balaban J connectivity index is 2.11. The molecule has 0 aliphatic carbocycles. The number of rotatable bonds is 4. The average Bonchev–Trinajstić information content (AvgIpc) is 2.96. The zero-order valence-corrected chi connectivity index (χ0v) is 11.3. The smallest absolute Gasteiger partial charge is 0.333 e. The standard InChI is InChI=1S/C12H15F2N5O/c1-6(10-7(2)16-17-8(10)3)15-11(20)9-4-5-19(18-9)12(13)14/h4-6,12H,1-3H3,(H,15,20)(H,16,17)/t6-/m1/s1. The second kappa shape index (κ2) is 5.40. The molecule has 0 aliphatic rings. The fourth-order valence-corrected chi connectivity index (χ4v) is 2.11. The van der Waals surface area contributed by atoms with E-state index in [2.05, 4.69) is 20.6 Å². The normalized spacial score (nSPS) is 12.7. The van der Waals surface area contributed by atoms with Crippen molar-refractivity contribution in [3.05, 3.63) is 34.9 Å². The van der Waals surface area contributed by atoms with Gasteiger partial charge in [-0.1, -0.05) is 0 Å². The minimum absolute atomic E-state index is 0.0454. The lowest BCUT2D eigenvalue weighted by molar-refractivity contribution is 0.0559. The molecule has 0 saturated carbocycles. The van der Waals surface area contributed by atoms with Crippen molar-refractivity contribution in [3.8, 4) is 0 Å². The van der Waals surface area contributed by atoms with E-state index in [4.69, 9.17) is 0 Å². The number of hydrogen-bond acceptors (Lipinski definition) is 3. The van der Waals surface area contributed by atoms with Crippen molar-refractivity contribution in [3.63, 3.8) is 0 Å². The Hall–Kier alpha value is -2.25. The van der Waals surface area contributed by atoms with Crippen LogP contribution in [0.3, 0.4) is 0 Å². The number of alkyl halides is 2. The summed E-state index contributed by atoms with van der Waals surface area (Å²) in [5.41, 5.74) is 2.48. The van der Waals surface area contributed by atoms with E-state index in [9.17, 15) is 13.6 Å². The van der Waals surface area contributed by atoms with Crippen LogP contribution in [0.4, 0.5) is 8.78 Å². The molecule has 2 aromatic rings. The highest BCUT2D eigenvalue weighted by atomic mass is 19.3. The number of nitrogens with zero attached hydrogens (tertiary/aromatic N) is 3. The maximum atomic E-state index is 12.4. The van der Waals surface area contributed by atoms with Crippen LogP contribution in [0.2, 0.25) is 0 Å². The lowest BCUT2D eigenvalue weighted by Gasteiger charge is -2.13. The fraction of sp³-hybridized carbons (Fsp3) is 0.417. The molecule has 0 spiro atoms. The third kappa shape index (κ3) is 2.68. The van der Waals surface area contributed by atoms with Gasteiger partial charge in [-0.2, -0.15) is 19.0 Å². The van der Waals surface area contributed by atoms with E-state index in [0.717, 1.165) is 23.1 Å². The van der Waals surface area contributed by atoms with Gasteiger partial charge in [0.2, 0.25) is 0 Å². The number of amides is 1. The molecular formula is C12H15F2N5O. The topological polar surface area (TPSA) is 75.6 Å². The van der Waals surface area contributed by atoms with Gasteiger partial charge in [-0.3, -0.25) is 9.89 Å². The number of nitrogens with one attached hydrogen (secondary N) is 2. The molecule has 1 atom stereocenters. The lowest BCUT2D eigenvalue weighted by Crippen LogP contribution is -2.27. The third-order valence-electron chi connectivity index (χ3n) is 3.01. The average molecular weight is 283 g/mol. The van der Waals surface area contributed by atoms with Crippen LogP contribution in [0.15, 0.2) is 12.3 Å². The van der Waals surface area contributed by atoms with E-state index in [1.807, 2.05) is 13.8 Å². The monoisotopic (exact) mass is 283 g/mol. The van der Waals surface area contributed by atoms with Crippen molar-refractivity contribution in [2.24, 2.45) is 0 Å². The summed E-state index contributed by atoms with van der Waals surface area (Å²) < 4.78 is 25.2. The first kappa shape index (κ1) is 14.2. The van der Waals surface area contributed by atoms with Crippen molar-refractivity contribution in [1.82, 2.24) is 25.3 Å². The molecule has 1 amide bonds. The number of carbonyl (C=O) groups excluding carboxylic acids is 1. The van der Waals surface area contributed by atoms with E-state index >= 15 is 0 Å². The highest BCUT2D eigenvalue weighted by Gasteiger charge is 2.19. The van der Waals surface area contributed by atoms with Crippen molar-refractivity contribution in [1.29, 1.82) is 0 Å². The number of H-pyrrole nitrogens is 1. The van der Waals surface area contributed by atoms with E-state index in [-0.39, 0.29) is 11.7 Å². The molecule has 0 aromatic carbocycles. The van der Waals surface area contributed by atoms with E-state index in [1.54, 1.807) is 6.92 Å². The van der Waals surface area contributed by atoms with Gasteiger partial charge in [-0.05, 0) is 26.8 Å². The quantitative estimate of drug-likeness (QED) is 0.902. The van der Waals surface area contributed by atoms with Crippen LogP contribution < -0.4 is 5.32 Å². The second-order valence-electron chi connectivity index (χ2n) is 4.50. The maximum Gasteiger partial charge on any atom is 0.333 e. The first-order valence-electron chi connectivity index (χ1n) is 6.05. The van der Waals surface area contributed by atoms with E-state index < -0.39 is 12.5 Å². The summed E-state index contributed by atoms with van der Waals surface area (Å²) >= 11 is 0. The van der Waals surface area contributed by atoms with Gasteiger partial charge in [0.15, 0.2) is 0 Å². The van der Waals surface area contributed by atoms with Crippen LogP contribution in [-0.4, -0.2) is 25.9 Å². The largest absolute Gasteiger partial charge is 0.344 e. The van der Waals surface area contributed by atoms with Gasteiger partial charge in [0.25, 0.3) is 5.91 Å². The zero-order valence-electron chi connectivity index (χ0n) is 11.3. The Morgan fingerprint density at radius 2 is 2.15 bits per heavy atom. The van der Waals surface area contributed by atoms with Crippen molar-refractivity contribution >= 4 is 5.91 Å². The Bertz CT molecular complexity index is 600. The summed E-state index contributed by atoms with van der Waals surface area (Å²) in [6, 6.07) is 0.960. The van der Waals surface area contributed by atoms with Crippen molar-refractivity contribution < 1.29 is 13.6 Å². The minimum Gasteiger partial charge on any atom is -0.344 e.